The molecule has 1 aliphatic rings. The topological polar surface area (TPSA) is 111 Å². The van der Waals surface area contributed by atoms with Gasteiger partial charge in [-0.3, -0.25) is 20.4 Å². The first-order chi connectivity index (χ1) is 21.2. The lowest BCUT2D eigenvalue weighted by molar-refractivity contribution is -0.192. The Morgan fingerprint density at radius 3 is 2.20 bits per heavy atom. The summed E-state index contributed by atoms with van der Waals surface area (Å²) in [6.45, 7) is 4.13. The molecular weight excluding hydrogens is 576 g/mol. The quantitative estimate of drug-likeness (QED) is 0.161. The SMILES string of the molecule is CC(C)C[C@](C(=O)NNc1ccccc1)(C(CC=Cc1ccccc1)C(=O)O[C@H]1CCCCO1)S(=O)(=O)Cc1ccccc1. The number of sulfone groups is 1. The van der Waals surface area contributed by atoms with Crippen molar-refractivity contribution >= 4 is 33.5 Å². The van der Waals surface area contributed by atoms with Crippen LogP contribution in [-0.2, 0) is 34.7 Å². The molecule has 1 saturated heterocycles. The molecule has 9 heteroatoms. The Labute approximate surface area is 260 Å². The van der Waals surface area contributed by atoms with Crippen molar-refractivity contribution in [1.82, 2.24) is 5.43 Å². The highest BCUT2D eigenvalue weighted by atomic mass is 32.2. The molecule has 1 aliphatic heterocycles. The molecule has 0 radical (unpaired) electrons. The zero-order chi connectivity index (χ0) is 31.4. The van der Waals surface area contributed by atoms with Gasteiger partial charge in [0.25, 0.3) is 5.91 Å². The molecule has 1 heterocycles. The number of allylic oxidation sites excluding steroid dienone is 1. The van der Waals surface area contributed by atoms with Crippen LogP contribution in [0, 0.1) is 11.8 Å². The van der Waals surface area contributed by atoms with Gasteiger partial charge in [0.1, 0.15) is 0 Å². The summed E-state index contributed by atoms with van der Waals surface area (Å²) >= 11 is 0. The first-order valence-electron chi connectivity index (χ1n) is 15.1. The number of hydrogen-bond acceptors (Lipinski definition) is 7. The second-order valence-electron chi connectivity index (χ2n) is 11.5. The molecule has 2 N–H and O–H groups in total. The van der Waals surface area contributed by atoms with Crippen LogP contribution >= 0.6 is 0 Å². The summed E-state index contributed by atoms with van der Waals surface area (Å²) in [6.07, 6.45) is 4.81. The number of carbonyl (C=O) groups excluding carboxylic acids is 2. The molecule has 0 saturated carbocycles. The van der Waals surface area contributed by atoms with E-state index in [4.69, 9.17) is 9.47 Å². The number of carbonyl (C=O) groups is 2. The first-order valence-corrected chi connectivity index (χ1v) is 16.8. The van der Waals surface area contributed by atoms with Crippen molar-refractivity contribution in [3.63, 3.8) is 0 Å². The van der Waals surface area contributed by atoms with Crippen molar-refractivity contribution in [2.45, 2.75) is 62.7 Å². The second kappa shape index (κ2) is 15.7. The maximum absolute atomic E-state index is 14.7. The Balaban J connectivity index is 1.81. The Hall–Kier alpha value is -3.95. The number of rotatable bonds is 14. The Kier molecular flexibility index (Phi) is 11.7. The fourth-order valence-electron chi connectivity index (χ4n) is 5.56. The molecule has 3 aromatic rings. The molecule has 1 unspecified atom stereocenters. The van der Waals surface area contributed by atoms with E-state index in [0.29, 0.717) is 24.3 Å². The number of hydrogen-bond donors (Lipinski definition) is 2. The van der Waals surface area contributed by atoms with Crippen molar-refractivity contribution in [2.24, 2.45) is 11.8 Å². The van der Waals surface area contributed by atoms with E-state index < -0.39 is 44.4 Å². The standard InChI is InChI=1S/C35H42N2O6S/c1-27(2)25-35(34(39)37-36-30-20-10-5-11-21-30,44(40,41)26-29-17-8-4-9-18-29)31(22-14-19-28-15-6-3-7-16-28)33(38)43-32-23-12-13-24-42-32/h3-11,14-21,27,31-32,36H,12-13,22-26H2,1-2H3,(H,37,39)/t31?,32-,35+/m0/s1. The summed E-state index contributed by atoms with van der Waals surface area (Å²) < 4.78 is 38.8. The number of amides is 1. The molecule has 234 valence electrons. The summed E-state index contributed by atoms with van der Waals surface area (Å²) in [7, 11) is -4.34. The molecule has 4 rings (SSSR count). The monoisotopic (exact) mass is 618 g/mol. The molecule has 1 amide bonds. The number of nitrogens with one attached hydrogen (secondary N) is 2. The maximum atomic E-state index is 14.7. The molecule has 0 spiro atoms. The number of anilines is 1. The van der Waals surface area contributed by atoms with E-state index in [1.165, 1.54) is 0 Å². The predicted octanol–water partition coefficient (Wildman–Crippen LogP) is 6.32. The average Bonchev–Trinajstić information content (AvgIpc) is 3.02. The van der Waals surface area contributed by atoms with Crippen LogP contribution in [0.25, 0.3) is 6.08 Å². The lowest BCUT2D eigenvalue weighted by Gasteiger charge is -2.39. The lowest BCUT2D eigenvalue weighted by Crippen LogP contribution is -2.61. The van der Waals surface area contributed by atoms with Crippen molar-refractivity contribution in [1.29, 1.82) is 0 Å². The van der Waals surface area contributed by atoms with Gasteiger partial charge in [0, 0.05) is 6.42 Å². The van der Waals surface area contributed by atoms with Crippen LogP contribution < -0.4 is 10.9 Å². The van der Waals surface area contributed by atoms with Gasteiger partial charge in [0.05, 0.1) is 24.0 Å². The van der Waals surface area contributed by atoms with Crippen molar-refractivity contribution in [3.05, 3.63) is 108 Å². The van der Waals surface area contributed by atoms with E-state index in [0.717, 1.165) is 18.4 Å². The number of ether oxygens (including phenoxy) is 2. The summed E-state index contributed by atoms with van der Waals surface area (Å²) in [5, 5.41) is 0. The molecule has 0 bridgehead atoms. The van der Waals surface area contributed by atoms with E-state index in [9.17, 15) is 18.0 Å². The third-order valence-corrected chi connectivity index (χ3v) is 10.1. The van der Waals surface area contributed by atoms with Gasteiger partial charge in [-0.05, 0) is 54.9 Å². The van der Waals surface area contributed by atoms with Crippen molar-refractivity contribution in [3.8, 4) is 0 Å². The van der Waals surface area contributed by atoms with Gasteiger partial charge in [0.2, 0.25) is 6.29 Å². The molecular formula is C35H42N2O6S. The highest BCUT2D eigenvalue weighted by Gasteiger charge is 2.59. The van der Waals surface area contributed by atoms with Gasteiger partial charge in [-0.15, -0.1) is 0 Å². The molecule has 3 aromatic carbocycles. The number of hydrazine groups is 1. The van der Waals surface area contributed by atoms with E-state index in [1.807, 2.05) is 56.3 Å². The third-order valence-electron chi connectivity index (χ3n) is 7.66. The van der Waals surface area contributed by atoms with Crippen LogP contribution in [0.1, 0.15) is 57.1 Å². The number of benzene rings is 3. The largest absolute Gasteiger partial charge is 0.435 e. The van der Waals surface area contributed by atoms with Crippen LogP contribution in [0.3, 0.4) is 0 Å². The first kappa shape index (κ1) is 33.0. The number of esters is 1. The van der Waals surface area contributed by atoms with Gasteiger partial charge in [-0.2, -0.15) is 0 Å². The summed E-state index contributed by atoms with van der Waals surface area (Å²) in [4.78, 5) is 28.6. The molecule has 8 nitrogen and oxygen atoms in total. The zero-order valence-electron chi connectivity index (χ0n) is 25.4. The smallest absolute Gasteiger partial charge is 0.313 e. The van der Waals surface area contributed by atoms with Crippen LogP contribution in [0.2, 0.25) is 0 Å². The van der Waals surface area contributed by atoms with Crippen LogP contribution in [0.5, 0.6) is 0 Å². The zero-order valence-corrected chi connectivity index (χ0v) is 26.2. The fraction of sp³-hybridized carbons (Fsp3) is 0.371. The minimum absolute atomic E-state index is 0.0417. The third kappa shape index (κ3) is 8.57. The van der Waals surface area contributed by atoms with Crippen LogP contribution in [-0.4, -0.2) is 37.9 Å². The van der Waals surface area contributed by atoms with E-state index in [1.54, 1.807) is 60.7 Å². The molecule has 0 aromatic heterocycles. The van der Waals surface area contributed by atoms with E-state index >= 15 is 0 Å². The normalized spacial score (nSPS) is 17.5. The van der Waals surface area contributed by atoms with Gasteiger partial charge in [-0.1, -0.05) is 105 Å². The summed E-state index contributed by atoms with van der Waals surface area (Å²) in [6, 6.07) is 27.1. The Bertz CT molecular complexity index is 1470. The molecule has 3 atom stereocenters. The average molecular weight is 619 g/mol. The van der Waals surface area contributed by atoms with Crippen LogP contribution in [0.15, 0.2) is 97.1 Å². The van der Waals surface area contributed by atoms with Crippen molar-refractivity contribution in [2.75, 3.05) is 12.0 Å². The number of para-hydroxylation sites is 1. The second-order valence-corrected chi connectivity index (χ2v) is 13.8. The fourth-order valence-corrected chi connectivity index (χ4v) is 8.00. The van der Waals surface area contributed by atoms with E-state index in [2.05, 4.69) is 10.9 Å². The van der Waals surface area contributed by atoms with E-state index in [-0.39, 0.29) is 18.8 Å². The van der Waals surface area contributed by atoms with Gasteiger partial charge < -0.3 is 9.47 Å². The van der Waals surface area contributed by atoms with Gasteiger partial charge >= 0.3 is 5.97 Å². The predicted molar refractivity (Wildman–Crippen MR) is 173 cm³/mol. The minimum Gasteiger partial charge on any atom is -0.435 e. The maximum Gasteiger partial charge on any atom is 0.313 e. The lowest BCUT2D eigenvalue weighted by atomic mass is 9.81. The summed E-state index contributed by atoms with van der Waals surface area (Å²) in [5.41, 5.74) is 7.48. The van der Waals surface area contributed by atoms with Gasteiger partial charge in [0.15, 0.2) is 14.6 Å². The Morgan fingerprint density at radius 1 is 0.955 bits per heavy atom. The summed E-state index contributed by atoms with van der Waals surface area (Å²) in [5.74, 6) is -3.64. The Morgan fingerprint density at radius 2 is 1.59 bits per heavy atom. The van der Waals surface area contributed by atoms with Gasteiger partial charge in [-0.25, -0.2) is 8.42 Å². The van der Waals surface area contributed by atoms with Crippen molar-refractivity contribution < 1.29 is 27.5 Å². The molecule has 44 heavy (non-hydrogen) atoms. The highest BCUT2D eigenvalue weighted by molar-refractivity contribution is 7.92. The molecule has 0 aliphatic carbocycles. The highest BCUT2D eigenvalue weighted by Crippen LogP contribution is 2.40. The van der Waals surface area contributed by atoms with Crippen LogP contribution in [0.4, 0.5) is 5.69 Å². The molecule has 1 fully saturated rings. The minimum atomic E-state index is -4.34.